The Morgan fingerprint density at radius 2 is 1.80 bits per heavy atom. The van der Waals surface area contributed by atoms with Crippen molar-refractivity contribution in [3.8, 4) is 23.1 Å². The van der Waals surface area contributed by atoms with Gasteiger partial charge in [-0.1, -0.05) is 6.07 Å². The number of ether oxygens (including phenoxy) is 3. The molecule has 1 aromatic carbocycles. The Hall–Kier alpha value is -2.50. The number of hydrogen-bond donors (Lipinski definition) is 1. The van der Waals surface area contributed by atoms with E-state index in [4.69, 9.17) is 14.2 Å². The van der Waals surface area contributed by atoms with Crippen LogP contribution < -0.4 is 19.5 Å². The summed E-state index contributed by atoms with van der Waals surface area (Å²) in [5.74, 6) is 2.75. The number of benzene rings is 1. The van der Waals surface area contributed by atoms with E-state index < -0.39 is 0 Å². The smallest absolute Gasteiger partial charge is 0.224 e. The lowest BCUT2D eigenvalue weighted by Gasteiger charge is -2.13. The van der Waals surface area contributed by atoms with Crippen LogP contribution >= 0.6 is 0 Å². The quantitative estimate of drug-likeness (QED) is 0.874. The molecule has 20 heavy (non-hydrogen) atoms. The van der Waals surface area contributed by atoms with Gasteiger partial charge in [0.1, 0.15) is 12.1 Å². The zero-order valence-corrected chi connectivity index (χ0v) is 11.7. The van der Waals surface area contributed by atoms with Crippen LogP contribution in [0.25, 0.3) is 0 Å². The average molecular weight is 275 g/mol. The van der Waals surface area contributed by atoms with Crippen LogP contribution in [0.1, 0.15) is 6.92 Å². The van der Waals surface area contributed by atoms with Gasteiger partial charge in [-0.15, -0.1) is 0 Å². The molecule has 2 aromatic rings. The number of nitrogens with zero attached hydrogens (tertiary/aromatic N) is 2. The highest BCUT2D eigenvalue weighted by Gasteiger charge is 2.13. The van der Waals surface area contributed by atoms with Crippen molar-refractivity contribution >= 4 is 5.82 Å². The molecule has 2 rings (SSSR count). The molecule has 6 nitrogen and oxygen atoms in total. The molecule has 0 aliphatic heterocycles. The van der Waals surface area contributed by atoms with Crippen molar-refractivity contribution in [2.75, 3.05) is 26.1 Å². The van der Waals surface area contributed by atoms with Crippen molar-refractivity contribution in [3.05, 3.63) is 30.6 Å². The van der Waals surface area contributed by atoms with Crippen LogP contribution in [0.15, 0.2) is 30.6 Å². The van der Waals surface area contributed by atoms with Gasteiger partial charge in [0.2, 0.25) is 11.6 Å². The van der Waals surface area contributed by atoms with Crippen LogP contribution in [0, 0.1) is 0 Å². The summed E-state index contributed by atoms with van der Waals surface area (Å²) >= 11 is 0. The minimum absolute atomic E-state index is 0.416. The lowest BCUT2D eigenvalue weighted by molar-refractivity contribution is 0.342. The Bertz CT molecular complexity index is 553. The van der Waals surface area contributed by atoms with E-state index in [1.807, 2.05) is 13.0 Å². The second-order valence-electron chi connectivity index (χ2n) is 3.87. The lowest BCUT2D eigenvalue weighted by Crippen LogP contribution is -2.01. The standard InChI is InChI=1S/C14H17N3O3/c1-4-15-12-8-13(17-9-16-12)20-14-10(18-2)6-5-7-11(14)19-3/h5-9H,4H2,1-3H3,(H,15,16,17). The molecule has 0 aliphatic rings. The largest absolute Gasteiger partial charge is 0.493 e. The molecule has 0 unspecified atom stereocenters. The van der Waals surface area contributed by atoms with Crippen LogP contribution in [0.4, 0.5) is 5.82 Å². The molecular formula is C14H17N3O3. The minimum atomic E-state index is 0.416. The number of anilines is 1. The fourth-order valence-electron chi connectivity index (χ4n) is 1.70. The Morgan fingerprint density at radius 1 is 1.10 bits per heavy atom. The van der Waals surface area contributed by atoms with E-state index >= 15 is 0 Å². The maximum absolute atomic E-state index is 5.77. The van der Waals surface area contributed by atoms with E-state index in [1.54, 1.807) is 32.4 Å². The molecule has 0 fully saturated rings. The highest BCUT2D eigenvalue weighted by molar-refractivity contribution is 5.53. The summed E-state index contributed by atoms with van der Waals surface area (Å²) in [7, 11) is 3.15. The van der Waals surface area contributed by atoms with Gasteiger partial charge < -0.3 is 19.5 Å². The van der Waals surface area contributed by atoms with E-state index in [9.17, 15) is 0 Å². The summed E-state index contributed by atoms with van der Waals surface area (Å²) in [5.41, 5.74) is 0. The third kappa shape index (κ3) is 3.09. The van der Waals surface area contributed by atoms with E-state index in [0.717, 1.165) is 6.54 Å². The predicted molar refractivity (Wildman–Crippen MR) is 75.8 cm³/mol. The first-order chi connectivity index (χ1) is 9.78. The molecule has 0 atom stereocenters. The second kappa shape index (κ2) is 6.60. The topological polar surface area (TPSA) is 65.5 Å². The number of rotatable bonds is 6. The van der Waals surface area contributed by atoms with Crippen molar-refractivity contribution in [1.82, 2.24) is 9.97 Å². The first-order valence-electron chi connectivity index (χ1n) is 6.23. The van der Waals surface area contributed by atoms with Crippen molar-refractivity contribution in [2.24, 2.45) is 0 Å². The van der Waals surface area contributed by atoms with E-state index in [2.05, 4.69) is 15.3 Å². The van der Waals surface area contributed by atoms with Crippen LogP contribution in [0.3, 0.4) is 0 Å². The highest BCUT2D eigenvalue weighted by Crippen LogP contribution is 2.39. The Morgan fingerprint density at radius 3 is 2.40 bits per heavy atom. The van der Waals surface area contributed by atoms with E-state index in [0.29, 0.717) is 28.9 Å². The molecule has 0 amide bonds. The highest BCUT2D eigenvalue weighted by atomic mass is 16.5. The van der Waals surface area contributed by atoms with Crippen molar-refractivity contribution < 1.29 is 14.2 Å². The zero-order chi connectivity index (χ0) is 14.4. The monoisotopic (exact) mass is 275 g/mol. The third-order valence-corrected chi connectivity index (χ3v) is 2.59. The van der Waals surface area contributed by atoms with Crippen molar-refractivity contribution in [3.63, 3.8) is 0 Å². The van der Waals surface area contributed by atoms with Crippen LogP contribution in [0.2, 0.25) is 0 Å². The van der Waals surface area contributed by atoms with E-state index in [1.165, 1.54) is 6.33 Å². The number of hydrogen-bond acceptors (Lipinski definition) is 6. The van der Waals surface area contributed by atoms with Gasteiger partial charge in [0, 0.05) is 12.6 Å². The zero-order valence-electron chi connectivity index (χ0n) is 11.7. The van der Waals surface area contributed by atoms with Gasteiger partial charge in [0.05, 0.1) is 14.2 Å². The number of para-hydroxylation sites is 1. The Balaban J connectivity index is 2.31. The van der Waals surface area contributed by atoms with Crippen LogP contribution in [-0.2, 0) is 0 Å². The Kier molecular flexibility index (Phi) is 4.60. The predicted octanol–water partition coefficient (Wildman–Crippen LogP) is 2.72. The molecule has 1 aromatic heterocycles. The van der Waals surface area contributed by atoms with Gasteiger partial charge in [-0.25, -0.2) is 9.97 Å². The fourth-order valence-corrected chi connectivity index (χ4v) is 1.70. The van der Waals surface area contributed by atoms with Gasteiger partial charge in [-0.05, 0) is 19.1 Å². The summed E-state index contributed by atoms with van der Waals surface area (Å²) in [5, 5.41) is 3.10. The first-order valence-corrected chi connectivity index (χ1v) is 6.23. The SMILES string of the molecule is CCNc1cc(Oc2c(OC)cccc2OC)ncn1. The van der Waals surface area contributed by atoms with Gasteiger partial charge in [-0.2, -0.15) is 0 Å². The summed E-state index contributed by atoms with van der Waals surface area (Å²) < 4.78 is 16.3. The molecule has 0 spiro atoms. The minimum Gasteiger partial charge on any atom is -0.493 e. The summed E-state index contributed by atoms with van der Waals surface area (Å²) in [4.78, 5) is 8.17. The summed E-state index contributed by atoms with van der Waals surface area (Å²) in [6.07, 6.45) is 1.44. The average Bonchev–Trinajstić information content (AvgIpc) is 2.48. The van der Waals surface area contributed by atoms with Crippen molar-refractivity contribution in [1.29, 1.82) is 0 Å². The molecule has 0 aliphatic carbocycles. The van der Waals surface area contributed by atoms with Crippen molar-refractivity contribution in [2.45, 2.75) is 6.92 Å². The normalized spacial score (nSPS) is 9.95. The maximum Gasteiger partial charge on any atom is 0.224 e. The first kappa shape index (κ1) is 13.9. The van der Waals surface area contributed by atoms with Crippen LogP contribution in [-0.4, -0.2) is 30.7 Å². The van der Waals surface area contributed by atoms with Gasteiger partial charge >= 0.3 is 0 Å². The second-order valence-corrected chi connectivity index (χ2v) is 3.87. The summed E-state index contributed by atoms with van der Waals surface area (Å²) in [6, 6.07) is 7.14. The summed E-state index contributed by atoms with van der Waals surface area (Å²) in [6.45, 7) is 2.76. The van der Waals surface area contributed by atoms with Crippen LogP contribution in [0.5, 0.6) is 23.1 Å². The molecule has 0 bridgehead atoms. The number of nitrogens with one attached hydrogen (secondary N) is 1. The molecule has 1 N–H and O–H groups in total. The molecule has 0 radical (unpaired) electrons. The Labute approximate surface area is 117 Å². The maximum atomic E-state index is 5.77. The molecule has 6 heteroatoms. The number of methoxy groups -OCH3 is 2. The lowest BCUT2D eigenvalue weighted by atomic mass is 10.3. The van der Waals surface area contributed by atoms with Gasteiger partial charge in [-0.3, -0.25) is 0 Å². The van der Waals surface area contributed by atoms with E-state index in [-0.39, 0.29) is 0 Å². The number of aromatic nitrogens is 2. The molecule has 1 heterocycles. The van der Waals surface area contributed by atoms with Gasteiger partial charge in [0.15, 0.2) is 11.5 Å². The third-order valence-electron chi connectivity index (χ3n) is 2.59. The molecular weight excluding hydrogens is 258 g/mol. The fraction of sp³-hybridized carbons (Fsp3) is 0.286. The molecule has 106 valence electrons. The van der Waals surface area contributed by atoms with Gasteiger partial charge in [0.25, 0.3) is 0 Å². The molecule has 0 saturated heterocycles. The molecule has 0 saturated carbocycles.